The van der Waals surface area contributed by atoms with Gasteiger partial charge >= 0.3 is 0 Å². The third-order valence-electron chi connectivity index (χ3n) is 4.90. The zero-order valence-corrected chi connectivity index (χ0v) is 14.9. The molecule has 3 unspecified atom stereocenters. The fraction of sp³-hybridized carbons (Fsp3) is 0.333. The van der Waals surface area contributed by atoms with Crippen molar-refractivity contribution in [2.75, 3.05) is 5.32 Å². The van der Waals surface area contributed by atoms with Gasteiger partial charge in [-0.05, 0) is 56.0 Å². The molecular weight excluding hydrogens is 312 g/mol. The normalized spacial score (nSPS) is 19.8. The molecule has 0 radical (unpaired) electrons. The first kappa shape index (κ1) is 17.2. The van der Waals surface area contributed by atoms with Gasteiger partial charge in [-0.1, -0.05) is 36.4 Å². The van der Waals surface area contributed by atoms with E-state index < -0.39 is 0 Å². The van der Waals surface area contributed by atoms with E-state index in [0.717, 1.165) is 16.8 Å². The molecule has 2 amide bonds. The minimum Gasteiger partial charge on any atom is -0.349 e. The van der Waals surface area contributed by atoms with Gasteiger partial charge in [-0.15, -0.1) is 0 Å². The SMILES string of the molecule is Cc1ccc(NC(=O)C2CC2C(=O)NC(C)c2ccccc2)cc1C. The second kappa shape index (κ2) is 7.09. The van der Waals surface area contributed by atoms with Crippen molar-refractivity contribution in [3.63, 3.8) is 0 Å². The van der Waals surface area contributed by atoms with E-state index in [1.807, 2.05) is 69.3 Å². The highest BCUT2D eigenvalue weighted by Gasteiger charge is 2.48. The number of hydrogen-bond donors (Lipinski definition) is 2. The number of nitrogens with one attached hydrogen (secondary N) is 2. The molecule has 4 nitrogen and oxygen atoms in total. The Labute approximate surface area is 148 Å². The van der Waals surface area contributed by atoms with Gasteiger partial charge in [-0.2, -0.15) is 0 Å². The number of aryl methyl sites for hydroxylation is 2. The van der Waals surface area contributed by atoms with Gasteiger partial charge in [0.15, 0.2) is 0 Å². The van der Waals surface area contributed by atoms with Crippen LogP contribution in [0.2, 0.25) is 0 Å². The van der Waals surface area contributed by atoms with E-state index in [9.17, 15) is 9.59 Å². The Morgan fingerprint density at radius 3 is 2.32 bits per heavy atom. The zero-order chi connectivity index (χ0) is 18.0. The van der Waals surface area contributed by atoms with Crippen molar-refractivity contribution in [2.24, 2.45) is 11.8 Å². The van der Waals surface area contributed by atoms with E-state index in [-0.39, 0.29) is 29.7 Å². The molecule has 130 valence electrons. The Balaban J connectivity index is 1.53. The number of carbonyl (C=O) groups is 2. The average Bonchev–Trinajstić information content (AvgIpc) is 3.40. The van der Waals surface area contributed by atoms with Crippen molar-refractivity contribution in [3.05, 3.63) is 65.2 Å². The van der Waals surface area contributed by atoms with Crippen molar-refractivity contribution in [1.82, 2.24) is 5.32 Å². The van der Waals surface area contributed by atoms with Crippen LogP contribution in [0.25, 0.3) is 0 Å². The van der Waals surface area contributed by atoms with Crippen LogP contribution in [0.4, 0.5) is 5.69 Å². The van der Waals surface area contributed by atoms with Gasteiger partial charge in [0.1, 0.15) is 0 Å². The molecule has 1 aliphatic carbocycles. The molecule has 2 N–H and O–H groups in total. The largest absolute Gasteiger partial charge is 0.349 e. The third kappa shape index (κ3) is 4.08. The Morgan fingerprint density at radius 2 is 1.64 bits per heavy atom. The van der Waals surface area contributed by atoms with Crippen LogP contribution in [0.1, 0.15) is 36.1 Å². The molecule has 2 aromatic carbocycles. The maximum atomic E-state index is 12.4. The van der Waals surface area contributed by atoms with Gasteiger partial charge in [0, 0.05) is 5.69 Å². The van der Waals surface area contributed by atoms with Gasteiger partial charge < -0.3 is 10.6 Å². The molecule has 0 heterocycles. The molecule has 2 aromatic rings. The van der Waals surface area contributed by atoms with Gasteiger partial charge in [-0.25, -0.2) is 0 Å². The summed E-state index contributed by atoms with van der Waals surface area (Å²) in [5.41, 5.74) is 4.18. The number of benzene rings is 2. The van der Waals surface area contributed by atoms with Crippen LogP contribution >= 0.6 is 0 Å². The lowest BCUT2D eigenvalue weighted by Gasteiger charge is -2.14. The molecule has 3 rings (SSSR count). The highest BCUT2D eigenvalue weighted by Crippen LogP contribution is 2.40. The first-order valence-electron chi connectivity index (χ1n) is 8.69. The van der Waals surface area contributed by atoms with E-state index >= 15 is 0 Å². The Bertz CT molecular complexity index is 786. The molecule has 0 saturated heterocycles. The summed E-state index contributed by atoms with van der Waals surface area (Å²) in [5, 5.41) is 5.93. The molecular formula is C21H24N2O2. The molecule has 4 heteroatoms. The lowest BCUT2D eigenvalue weighted by atomic mass is 10.1. The molecule has 25 heavy (non-hydrogen) atoms. The van der Waals surface area contributed by atoms with E-state index in [4.69, 9.17) is 0 Å². The van der Waals surface area contributed by atoms with Gasteiger partial charge in [-0.3, -0.25) is 9.59 Å². The summed E-state index contributed by atoms with van der Waals surface area (Å²) in [7, 11) is 0. The maximum absolute atomic E-state index is 12.4. The Kier molecular flexibility index (Phi) is 4.88. The second-order valence-electron chi connectivity index (χ2n) is 6.88. The monoisotopic (exact) mass is 336 g/mol. The average molecular weight is 336 g/mol. The highest BCUT2D eigenvalue weighted by atomic mass is 16.2. The summed E-state index contributed by atoms with van der Waals surface area (Å²) < 4.78 is 0. The minimum atomic E-state index is -0.232. The van der Waals surface area contributed by atoms with Crippen LogP contribution < -0.4 is 10.6 Å². The predicted molar refractivity (Wildman–Crippen MR) is 99.1 cm³/mol. The fourth-order valence-corrected chi connectivity index (χ4v) is 2.97. The molecule has 0 spiro atoms. The number of carbonyl (C=O) groups excluding carboxylic acids is 2. The molecule has 1 saturated carbocycles. The fourth-order valence-electron chi connectivity index (χ4n) is 2.97. The van der Waals surface area contributed by atoms with Crippen LogP contribution in [0.15, 0.2) is 48.5 Å². The van der Waals surface area contributed by atoms with E-state index in [0.29, 0.717) is 6.42 Å². The molecule has 3 atom stereocenters. The summed E-state index contributed by atoms with van der Waals surface area (Å²) in [6.07, 6.45) is 0.615. The van der Waals surface area contributed by atoms with Crippen LogP contribution in [-0.2, 0) is 9.59 Å². The lowest BCUT2D eigenvalue weighted by Crippen LogP contribution is -2.29. The number of hydrogen-bond acceptors (Lipinski definition) is 2. The second-order valence-corrected chi connectivity index (χ2v) is 6.88. The van der Waals surface area contributed by atoms with Crippen molar-refractivity contribution < 1.29 is 9.59 Å². The number of rotatable bonds is 5. The summed E-state index contributed by atoms with van der Waals surface area (Å²) >= 11 is 0. The van der Waals surface area contributed by atoms with Crippen molar-refractivity contribution in [1.29, 1.82) is 0 Å². The molecule has 1 fully saturated rings. The van der Waals surface area contributed by atoms with Crippen molar-refractivity contribution >= 4 is 17.5 Å². The standard InChI is InChI=1S/C21H24N2O2/c1-13-9-10-17(11-14(13)2)23-21(25)19-12-18(19)20(24)22-15(3)16-7-5-4-6-8-16/h4-11,15,18-19H,12H2,1-3H3,(H,22,24)(H,23,25). The van der Waals surface area contributed by atoms with Crippen molar-refractivity contribution in [3.8, 4) is 0 Å². The quantitative estimate of drug-likeness (QED) is 0.873. The smallest absolute Gasteiger partial charge is 0.228 e. The van der Waals surface area contributed by atoms with Crippen LogP contribution in [0.3, 0.4) is 0 Å². The van der Waals surface area contributed by atoms with Crippen LogP contribution in [0.5, 0.6) is 0 Å². The molecule has 1 aliphatic rings. The summed E-state index contributed by atoms with van der Waals surface area (Å²) in [4.78, 5) is 24.7. The van der Waals surface area contributed by atoms with E-state index in [1.165, 1.54) is 5.56 Å². The topological polar surface area (TPSA) is 58.2 Å². The summed E-state index contributed by atoms with van der Waals surface area (Å²) in [6.45, 7) is 6.01. The van der Waals surface area contributed by atoms with Crippen LogP contribution in [0, 0.1) is 25.7 Å². The molecule has 0 aliphatic heterocycles. The van der Waals surface area contributed by atoms with E-state index in [1.54, 1.807) is 0 Å². The van der Waals surface area contributed by atoms with Gasteiger partial charge in [0.25, 0.3) is 0 Å². The number of amides is 2. The van der Waals surface area contributed by atoms with Gasteiger partial charge in [0.2, 0.25) is 11.8 Å². The highest BCUT2D eigenvalue weighted by molar-refractivity contribution is 5.99. The van der Waals surface area contributed by atoms with E-state index in [2.05, 4.69) is 10.6 Å². The lowest BCUT2D eigenvalue weighted by molar-refractivity contribution is -0.125. The number of anilines is 1. The zero-order valence-electron chi connectivity index (χ0n) is 14.9. The maximum Gasteiger partial charge on any atom is 0.228 e. The molecule has 0 bridgehead atoms. The van der Waals surface area contributed by atoms with Crippen molar-refractivity contribution in [2.45, 2.75) is 33.2 Å². The minimum absolute atomic E-state index is 0.0448. The summed E-state index contributed by atoms with van der Waals surface area (Å²) in [5.74, 6) is -0.574. The molecule has 0 aromatic heterocycles. The van der Waals surface area contributed by atoms with Gasteiger partial charge in [0.05, 0.1) is 17.9 Å². The summed E-state index contributed by atoms with van der Waals surface area (Å²) in [6, 6.07) is 15.6. The first-order valence-corrected chi connectivity index (χ1v) is 8.69. The Hall–Kier alpha value is -2.62. The van der Waals surface area contributed by atoms with Crippen LogP contribution in [-0.4, -0.2) is 11.8 Å². The predicted octanol–water partition coefficient (Wildman–Crippen LogP) is 3.76. The third-order valence-corrected chi connectivity index (χ3v) is 4.90. The first-order chi connectivity index (χ1) is 12.0. The Morgan fingerprint density at radius 1 is 0.960 bits per heavy atom.